The monoisotopic (exact) mass is 248 g/mol. The number of aryl methyl sites for hydroxylation is 1. The highest BCUT2D eigenvalue weighted by Gasteiger charge is 2.07. The van der Waals surface area contributed by atoms with Crippen molar-refractivity contribution < 1.29 is 4.79 Å². The van der Waals surface area contributed by atoms with Crippen molar-refractivity contribution in [2.45, 2.75) is 32.1 Å². The molecule has 0 heterocycles. The maximum Gasteiger partial charge on any atom is 0.222 e. The first-order chi connectivity index (χ1) is 8.74. The molecule has 3 nitrogen and oxygen atoms in total. The molecule has 0 saturated heterocycles. The van der Waals surface area contributed by atoms with Crippen LogP contribution in [-0.2, 0) is 11.2 Å². The molecule has 0 aromatic heterocycles. The van der Waals surface area contributed by atoms with Crippen molar-refractivity contribution in [1.29, 1.82) is 0 Å². The number of unbranched alkanes of at least 4 members (excludes halogenated alkanes) is 2. The Morgan fingerprint density at radius 2 is 1.89 bits per heavy atom. The topological polar surface area (TPSA) is 46.3 Å². The van der Waals surface area contributed by atoms with Gasteiger partial charge in [0.05, 0.1) is 0 Å². The molecule has 1 rings (SSSR count). The standard InChI is InChI=1S/C15H24N2O/c1-17(13-7-3-6-12-16)15(18)11-10-14-8-4-2-5-9-14/h2,4-5,8-9H,3,6-7,10-13,16H2,1H3. The lowest BCUT2D eigenvalue weighted by atomic mass is 10.1. The lowest BCUT2D eigenvalue weighted by Gasteiger charge is -2.17. The molecule has 0 atom stereocenters. The van der Waals surface area contributed by atoms with Gasteiger partial charge in [-0.2, -0.15) is 0 Å². The molecule has 3 heteroatoms. The third kappa shape index (κ3) is 5.82. The van der Waals surface area contributed by atoms with Crippen molar-refractivity contribution in [3.8, 4) is 0 Å². The lowest BCUT2D eigenvalue weighted by Crippen LogP contribution is -2.28. The van der Waals surface area contributed by atoms with Gasteiger partial charge in [0.2, 0.25) is 5.91 Å². The summed E-state index contributed by atoms with van der Waals surface area (Å²) in [7, 11) is 1.88. The van der Waals surface area contributed by atoms with Crippen LogP contribution in [0.25, 0.3) is 0 Å². The van der Waals surface area contributed by atoms with E-state index >= 15 is 0 Å². The van der Waals surface area contributed by atoms with E-state index in [1.807, 2.05) is 30.1 Å². The molecule has 1 aromatic carbocycles. The molecule has 0 fully saturated rings. The quantitative estimate of drug-likeness (QED) is 0.717. The van der Waals surface area contributed by atoms with Gasteiger partial charge in [0.25, 0.3) is 0 Å². The number of carbonyl (C=O) groups is 1. The van der Waals surface area contributed by atoms with E-state index in [1.54, 1.807) is 0 Å². The minimum Gasteiger partial charge on any atom is -0.346 e. The van der Waals surface area contributed by atoms with E-state index in [0.29, 0.717) is 6.42 Å². The van der Waals surface area contributed by atoms with Crippen LogP contribution >= 0.6 is 0 Å². The Morgan fingerprint density at radius 1 is 1.17 bits per heavy atom. The van der Waals surface area contributed by atoms with E-state index < -0.39 is 0 Å². The number of hydrogen-bond donors (Lipinski definition) is 1. The van der Waals surface area contributed by atoms with E-state index in [0.717, 1.165) is 38.8 Å². The van der Waals surface area contributed by atoms with Gasteiger partial charge >= 0.3 is 0 Å². The third-order valence-electron chi connectivity index (χ3n) is 3.09. The second-order valence-electron chi connectivity index (χ2n) is 4.65. The fourth-order valence-electron chi connectivity index (χ4n) is 1.88. The number of nitrogens with two attached hydrogens (primary N) is 1. The average molecular weight is 248 g/mol. The van der Waals surface area contributed by atoms with Crippen molar-refractivity contribution >= 4 is 5.91 Å². The van der Waals surface area contributed by atoms with E-state index in [1.165, 1.54) is 5.56 Å². The van der Waals surface area contributed by atoms with Crippen LogP contribution in [0.5, 0.6) is 0 Å². The fraction of sp³-hybridized carbons (Fsp3) is 0.533. The summed E-state index contributed by atoms with van der Waals surface area (Å²) in [6.45, 7) is 1.58. The molecule has 0 aliphatic rings. The van der Waals surface area contributed by atoms with Crippen LogP contribution in [0.15, 0.2) is 30.3 Å². The highest BCUT2D eigenvalue weighted by molar-refractivity contribution is 5.76. The average Bonchev–Trinajstić information content (AvgIpc) is 2.42. The summed E-state index contributed by atoms with van der Waals surface area (Å²) in [5, 5.41) is 0. The molecule has 2 N–H and O–H groups in total. The van der Waals surface area contributed by atoms with Crippen molar-refractivity contribution in [1.82, 2.24) is 4.90 Å². The smallest absolute Gasteiger partial charge is 0.222 e. The van der Waals surface area contributed by atoms with Crippen molar-refractivity contribution in [2.75, 3.05) is 20.1 Å². The maximum atomic E-state index is 11.9. The van der Waals surface area contributed by atoms with Gasteiger partial charge in [-0.05, 0) is 31.4 Å². The number of nitrogens with zero attached hydrogens (tertiary/aromatic N) is 1. The minimum atomic E-state index is 0.228. The normalized spacial score (nSPS) is 10.3. The van der Waals surface area contributed by atoms with E-state index in [9.17, 15) is 4.79 Å². The van der Waals surface area contributed by atoms with Gasteiger partial charge in [-0.1, -0.05) is 36.8 Å². The minimum absolute atomic E-state index is 0.228. The van der Waals surface area contributed by atoms with E-state index in [4.69, 9.17) is 5.73 Å². The van der Waals surface area contributed by atoms with Crippen LogP contribution in [-0.4, -0.2) is 30.9 Å². The largest absolute Gasteiger partial charge is 0.346 e. The Morgan fingerprint density at radius 3 is 2.56 bits per heavy atom. The predicted octanol–water partition coefficient (Wildman–Crippen LogP) is 2.21. The van der Waals surface area contributed by atoms with Crippen molar-refractivity contribution in [3.05, 3.63) is 35.9 Å². The van der Waals surface area contributed by atoms with Gasteiger partial charge in [0, 0.05) is 20.0 Å². The highest BCUT2D eigenvalue weighted by Crippen LogP contribution is 2.05. The molecule has 0 bridgehead atoms. The van der Waals surface area contributed by atoms with Crippen LogP contribution < -0.4 is 5.73 Å². The predicted molar refractivity (Wildman–Crippen MR) is 75.3 cm³/mol. The molecular weight excluding hydrogens is 224 g/mol. The number of carbonyl (C=O) groups excluding carboxylic acids is 1. The van der Waals surface area contributed by atoms with Crippen LogP contribution in [0.4, 0.5) is 0 Å². The van der Waals surface area contributed by atoms with Crippen molar-refractivity contribution in [3.63, 3.8) is 0 Å². The number of rotatable bonds is 8. The van der Waals surface area contributed by atoms with E-state index in [2.05, 4.69) is 12.1 Å². The molecule has 0 unspecified atom stereocenters. The Hall–Kier alpha value is -1.35. The number of amides is 1. The molecule has 18 heavy (non-hydrogen) atoms. The summed E-state index contributed by atoms with van der Waals surface area (Å²) in [6.07, 6.45) is 4.62. The van der Waals surface area contributed by atoms with Gasteiger partial charge in [-0.15, -0.1) is 0 Å². The molecule has 1 aromatic rings. The van der Waals surface area contributed by atoms with Gasteiger partial charge in [-0.25, -0.2) is 0 Å². The zero-order valence-electron chi connectivity index (χ0n) is 11.3. The van der Waals surface area contributed by atoms with Crippen LogP contribution in [0.3, 0.4) is 0 Å². The first-order valence-electron chi connectivity index (χ1n) is 6.72. The van der Waals surface area contributed by atoms with E-state index in [-0.39, 0.29) is 5.91 Å². The Balaban J connectivity index is 2.19. The molecule has 1 amide bonds. The number of hydrogen-bond acceptors (Lipinski definition) is 2. The molecule has 0 spiro atoms. The SMILES string of the molecule is CN(CCCCCN)C(=O)CCc1ccccc1. The molecule has 0 aliphatic heterocycles. The fourth-order valence-corrected chi connectivity index (χ4v) is 1.88. The van der Waals surface area contributed by atoms with Crippen LogP contribution in [0.2, 0.25) is 0 Å². The Kier molecular flexibility index (Phi) is 7.11. The molecule has 100 valence electrons. The summed E-state index contributed by atoms with van der Waals surface area (Å²) in [5.74, 6) is 0.228. The molecule has 0 saturated carbocycles. The maximum absolute atomic E-state index is 11.9. The molecular formula is C15H24N2O. The Bertz CT molecular complexity index is 338. The zero-order valence-corrected chi connectivity index (χ0v) is 11.3. The molecule has 0 aliphatic carbocycles. The van der Waals surface area contributed by atoms with Gasteiger partial charge in [0.1, 0.15) is 0 Å². The van der Waals surface area contributed by atoms with Gasteiger partial charge < -0.3 is 10.6 Å². The lowest BCUT2D eigenvalue weighted by molar-refractivity contribution is -0.129. The molecule has 0 radical (unpaired) electrons. The highest BCUT2D eigenvalue weighted by atomic mass is 16.2. The summed E-state index contributed by atoms with van der Waals surface area (Å²) < 4.78 is 0. The second kappa shape index (κ2) is 8.70. The summed E-state index contributed by atoms with van der Waals surface area (Å²) in [5.41, 5.74) is 6.66. The van der Waals surface area contributed by atoms with Crippen LogP contribution in [0.1, 0.15) is 31.2 Å². The third-order valence-corrected chi connectivity index (χ3v) is 3.09. The van der Waals surface area contributed by atoms with Crippen LogP contribution in [0, 0.1) is 0 Å². The number of benzene rings is 1. The van der Waals surface area contributed by atoms with Crippen molar-refractivity contribution in [2.24, 2.45) is 5.73 Å². The zero-order chi connectivity index (χ0) is 13.2. The van der Waals surface area contributed by atoms with Gasteiger partial charge in [-0.3, -0.25) is 4.79 Å². The summed E-state index contributed by atoms with van der Waals surface area (Å²) in [4.78, 5) is 13.7. The Labute approximate surface area is 110 Å². The first kappa shape index (κ1) is 14.7. The van der Waals surface area contributed by atoms with Gasteiger partial charge in [0.15, 0.2) is 0 Å². The summed E-state index contributed by atoms with van der Waals surface area (Å²) >= 11 is 0. The first-order valence-corrected chi connectivity index (χ1v) is 6.72. The second-order valence-corrected chi connectivity index (χ2v) is 4.65. The summed E-state index contributed by atoms with van der Waals surface area (Å²) in [6, 6.07) is 10.1.